The van der Waals surface area contributed by atoms with Gasteiger partial charge in [-0.1, -0.05) is 13.8 Å². The summed E-state index contributed by atoms with van der Waals surface area (Å²) in [6, 6.07) is 0. The van der Waals surface area contributed by atoms with E-state index in [2.05, 4.69) is 26.1 Å². The van der Waals surface area contributed by atoms with Crippen molar-refractivity contribution in [1.29, 1.82) is 0 Å². The van der Waals surface area contributed by atoms with E-state index in [1.807, 2.05) is 0 Å². The minimum Gasteiger partial charge on any atom is -0.377 e. The van der Waals surface area contributed by atoms with E-state index in [0.29, 0.717) is 12.0 Å². The second-order valence-electron chi connectivity index (χ2n) is 7.45. The number of fused-ring (bicyclic) bond motifs is 1. The zero-order valence-electron chi connectivity index (χ0n) is 12.5. The summed E-state index contributed by atoms with van der Waals surface area (Å²) < 4.78 is 11.6. The van der Waals surface area contributed by atoms with Crippen LogP contribution in [0.25, 0.3) is 0 Å². The van der Waals surface area contributed by atoms with Crippen LogP contribution < -0.4 is 11.1 Å². The minimum atomic E-state index is -0.136. The topological polar surface area (TPSA) is 56.5 Å². The normalized spacial score (nSPS) is 48.0. The molecule has 110 valence electrons. The Morgan fingerprint density at radius 2 is 2.00 bits per heavy atom. The third-order valence-corrected chi connectivity index (χ3v) is 5.88. The summed E-state index contributed by atoms with van der Waals surface area (Å²) >= 11 is 0. The van der Waals surface area contributed by atoms with Gasteiger partial charge in [-0.3, -0.25) is 0 Å². The molecule has 0 aromatic carbocycles. The molecule has 4 atom stereocenters. The molecule has 2 aliphatic heterocycles. The molecular formula is C15H28N2O2. The third-order valence-electron chi connectivity index (χ3n) is 5.88. The Labute approximate surface area is 116 Å². The summed E-state index contributed by atoms with van der Waals surface area (Å²) in [4.78, 5) is 0. The van der Waals surface area contributed by atoms with Gasteiger partial charge in [-0.05, 0) is 26.2 Å². The van der Waals surface area contributed by atoms with Crippen LogP contribution in [0.4, 0.5) is 0 Å². The van der Waals surface area contributed by atoms with Crippen LogP contribution in [0.1, 0.15) is 40.0 Å². The van der Waals surface area contributed by atoms with Crippen LogP contribution in [0.3, 0.4) is 0 Å². The fraction of sp³-hybridized carbons (Fsp3) is 1.00. The molecule has 0 radical (unpaired) electrons. The highest BCUT2D eigenvalue weighted by Gasteiger charge is 2.67. The first-order chi connectivity index (χ1) is 8.89. The molecule has 3 N–H and O–H groups in total. The molecule has 1 saturated carbocycles. The molecule has 0 aromatic rings. The molecule has 0 spiro atoms. The molecule has 4 nitrogen and oxygen atoms in total. The van der Waals surface area contributed by atoms with Gasteiger partial charge in [0.1, 0.15) is 0 Å². The van der Waals surface area contributed by atoms with E-state index >= 15 is 0 Å². The highest BCUT2D eigenvalue weighted by atomic mass is 16.5. The van der Waals surface area contributed by atoms with Gasteiger partial charge in [0.2, 0.25) is 0 Å². The Morgan fingerprint density at radius 3 is 2.68 bits per heavy atom. The Hall–Kier alpha value is -0.160. The molecule has 4 heteroatoms. The summed E-state index contributed by atoms with van der Waals surface area (Å²) in [5, 5.41) is 3.57. The summed E-state index contributed by atoms with van der Waals surface area (Å²) in [7, 11) is 0. The first kappa shape index (κ1) is 13.8. The SMILES string of the molecule is CC1(CNCC2(N)C3CCOC3C2(C)C)CCCO1. The van der Waals surface area contributed by atoms with Crippen LogP contribution in [0.2, 0.25) is 0 Å². The van der Waals surface area contributed by atoms with Gasteiger partial charge in [0.25, 0.3) is 0 Å². The summed E-state index contributed by atoms with van der Waals surface area (Å²) in [5.74, 6) is 0.521. The smallest absolute Gasteiger partial charge is 0.0779 e. The zero-order valence-corrected chi connectivity index (χ0v) is 12.5. The number of nitrogens with two attached hydrogens (primary N) is 1. The lowest BCUT2D eigenvalue weighted by Gasteiger charge is -2.62. The van der Waals surface area contributed by atoms with Crippen molar-refractivity contribution < 1.29 is 9.47 Å². The zero-order chi connectivity index (χ0) is 13.7. The minimum absolute atomic E-state index is 0.00975. The van der Waals surface area contributed by atoms with Crippen LogP contribution >= 0.6 is 0 Å². The maximum atomic E-state index is 6.71. The highest BCUT2D eigenvalue weighted by molar-refractivity contribution is 5.21. The second-order valence-corrected chi connectivity index (χ2v) is 7.45. The lowest BCUT2D eigenvalue weighted by Crippen LogP contribution is -2.78. The standard InChI is InChI=1S/C15H28N2O2/c1-13(2)12-11(5-8-18-12)15(13,16)10-17-9-14(3)6-4-7-19-14/h11-12,17H,4-10,16H2,1-3H3. The van der Waals surface area contributed by atoms with Crippen LogP contribution in [0.15, 0.2) is 0 Å². The molecular weight excluding hydrogens is 240 g/mol. The van der Waals surface area contributed by atoms with E-state index in [1.165, 1.54) is 6.42 Å². The molecule has 0 aromatic heterocycles. The lowest BCUT2D eigenvalue weighted by atomic mass is 9.48. The lowest BCUT2D eigenvalue weighted by molar-refractivity contribution is -0.154. The number of hydrogen-bond acceptors (Lipinski definition) is 4. The number of nitrogens with one attached hydrogen (secondary N) is 1. The van der Waals surface area contributed by atoms with Crippen molar-refractivity contribution in [3.63, 3.8) is 0 Å². The molecule has 2 heterocycles. The average molecular weight is 268 g/mol. The van der Waals surface area contributed by atoms with Gasteiger partial charge in [0.15, 0.2) is 0 Å². The van der Waals surface area contributed by atoms with E-state index < -0.39 is 0 Å². The molecule has 3 fully saturated rings. The third kappa shape index (κ3) is 1.96. The van der Waals surface area contributed by atoms with E-state index in [1.54, 1.807) is 0 Å². The molecule has 2 saturated heterocycles. The first-order valence-electron chi connectivity index (χ1n) is 7.64. The second kappa shape index (κ2) is 4.42. The largest absolute Gasteiger partial charge is 0.377 e. The van der Waals surface area contributed by atoms with E-state index in [9.17, 15) is 0 Å². The summed E-state index contributed by atoms with van der Waals surface area (Å²) in [6.07, 6.45) is 3.80. The highest BCUT2D eigenvalue weighted by Crippen LogP contribution is 2.57. The molecule has 1 aliphatic carbocycles. The van der Waals surface area contributed by atoms with Crippen molar-refractivity contribution in [3.8, 4) is 0 Å². The number of rotatable bonds is 4. The Balaban J connectivity index is 1.57. The Morgan fingerprint density at radius 1 is 1.21 bits per heavy atom. The van der Waals surface area contributed by atoms with Gasteiger partial charge in [0.05, 0.1) is 11.7 Å². The van der Waals surface area contributed by atoms with Crippen molar-refractivity contribution in [2.24, 2.45) is 17.1 Å². The number of ether oxygens (including phenoxy) is 2. The summed E-state index contributed by atoms with van der Waals surface area (Å²) in [6.45, 7) is 10.2. The van der Waals surface area contributed by atoms with Gasteiger partial charge in [-0.2, -0.15) is 0 Å². The Bertz CT molecular complexity index is 352. The van der Waals surface area contributed by atoms with Crippen LogP contribution in [0, 0.1) is 11.3 Å². The average Bonchev–Trinajstić information content (AvgIpc) is 2.97. The van der Waals surface area contributed by atoms with E-state index in [-0.39, 0.29) is 16.6 Å². The quantitative estimate of drug-likeness (QED) is 0.806. The maximum Gasteiger partial charge on any atom is 0.0779 e. The number of hydrogen-bond donors (Lipinski definition) is 2. The van der Waals surface area contributed by atoms with Crippen molar-refractivity contribution >= 4 is 0 Å². The molecule has 19 heavy (non-hydrogen) atoms. The molecule has 4 unspecified atom stereocenters. The van der Waals surface area contributed by atoms with Crippen molar-refractivity contribution in [3.05, 3.63) is 0 Å². The molecule has 0 amide bonds. The van der Waals surface area contributed by atoms with Gasteiger partial charge in [0, 0.05) is 43.2 Å². The predicted molar refractivity (Wildman–Crippen MR) is 75.0 cm³/mol. The van der Waals surface area contributed by atoms with E-state index in [0.717, 1.165) is 39.1 Å². The monoisotopic (exact) mass is 268 g/mol. The van der Waals surface area contributed by atoms with Crippen molar-refractivity contribution in [2.45, 2.75) is 57.3 Å². The predicted octanol–water partition coefficient (Wildman–Crippen LogP) is 1.29. The van der Waals surface area contributed by atoms with Gasteiger partial charge in [-0.15, -0.1) is 0 Å². The molecule has 0 bridgehead atoms. The first-order valence-corrected chi connectivity index (χ1v) is 7.64. The van der Waals surface area contributed by atoms with Gasteiger partial charge in [-0.25, -0.2) is 0 Å². The van der Waals surface area contributed by atoms with Crippen molar-refractivity contribution in [2.75, 3.05) is 26.3 Å². The maximum absolute atomic E-state index is 6.71. The van der Waals surface area contributed by atoms with Crippen LogP contribution in [-0.4, -0.2) is 43.5 Å². The van der Waals surface area contributed by atoms with Crippen LogP contribution in [-0.2, 0) is 9.47 Å². The fourth-order valence-electron chi connectivity index (χ4n) is 4.34. The molecule has 3 aliphatic rings. The Kier molecular flexibility index (Phi) is 3.21. The van der Waals surface area contributed by atoms with Crippen LogP contribution in [0.5, 0.6) is 0 Å². The molecule has 3 rings (SSSR count). The van der Waals surface area contributed by atoms with Gasteiger partial charge < -0.3 is 20.5 Å². The van der Waals surface area contributed by atoms with Crippen molar-refractivity contribution in [1.82, 2.24) is 5.32 Å². The fourth-order valence-corrected chi connectivity index (χ4v) is 4.34. The summed E-state index contributed by atoms with van der Waals surface area (Å²) in [5.41, 5.74) is 6.65. The van der Waals surface area contributed by atoms with E-state index in [4.69, 9.17) is 15.2 Å². The van der Waals surface area contributed by atoms with Gasteiger partial charge >= 0.3 is 0 Å².